The van der Waals surface area contributed by atoms with Crippen LogP contribution in [0.3, 0.4) is 0 Å². The van der Waals surface area contributed by atoms with Gasteiger partial charge in [0, 0.05) is 29.8 Å². The molecule has 2 heterocycles. The van der Waals surface area contributed by atoms with E-state index in [1.54, 1.807) is 0 Å². The maximum atomic E-state index is 6.19. The normalized spacial score (nSPS) is 32.9. The third-order valence-electron chi connectivity index (χ3n) is 5.81. The number of ether oxygens (including phenoxy) is 1. The first-order chi connectivity index (χ1) is 10.4. The molecule has 3 aliphatic rings. The van der Waals surface area contributed by atoms with E-state index >= 15 is 0 Å². The Labute approximate surface area is 128 Å². The summed E-state index contributed by atoms with van der Waals surface area (Å²) >= 11 is 0. The first kappa shape index (κ1) is 13.6. The number of hydrogen-bond donors (Lipinski definition) is 1. The zero-order valence-corrected chi connectivity index (χ0v) is 12.9. The fourth-order valence-electron chi connectivity index (χ4n) is 4.74. The highest BCUT2D eigenvalue weighted by molar-refractivity contribution is 5.55. The van der Waals surface area contributed by atoms with Crippen molar-refractivity contribution < 1.29 is 4.74 Å². The monoisotopic (exact) mass is 285 g/mol. The lowest BCUT2D eigenvalue weighted by molar-refractivity contribution is -0.0403. The third kappa shape index (κ3) is 2.70. The summed E-state index contributed by atoms with van der Waals surface area (Å²) in [6, 6.07) is 9.40. The van der Waals surface area contributed by atoms with Gasteiger partial charge in [-0.3, -0.25) is 0 Å². The van der Waals surface area contributed by atoms with Gasteiger partial charge in [0.1, 0.15) is 0 Å². The highest BCUT2D eigenvalue weighted by atomic mass is 16.5. The van der Waals surface area contributed by atoms with Crippen LogP contribution in [0.2, 0.25) is 0 Å². The van der Waals surface area contributed by atoms with Crippen molar-refractivity contribution in [3.63, 3.8) is 0 Å². The van der Waals surface area contributed by atoms with E-state index in [4.69, 9.17) is 4.74 Å². The molecule has 21 heavy (non-hydrogen) atoms. The zero-order chi connectivity index (χ0) is 14.1. The SMILES string of the molecule is c1ccc2c(c1)N[C@H](CC1CCCCC1)[C@@H]1CCCO[C@H]21. The van der Waals surface area contributed by atoms with Gasteiger partial charge in [-0.15, -0.1) is 0 Å². The fraction of sp³-hybridized carbons (Fsp3) is 0.684. The lowest BCUT2D eigenvalue weighted by Crippen LogP contribution is -2.42. The molecule has 1 aromatic rings. The van der Waals surface area contributed by atoms with E-state index in [1.807, 2.05) is 0 Å². The standard InChI is InChI=1S/C19H27NO/c1-2-7-14(8-3-1)13-18-16-10-6-12-21-19(16)15-9-4-5-11-17(15)20-18/h4-5,9,11,14,16,18-20H,1-3,6-8,10,12-13H2/t16-,18+,19+/m0/s1. The molecule has 0 bridgehead atoms. The van der Waals surface area contributed by atoms with Gasteiger partial charge in [-0.1, -0.05) is 50.3 Å². The number of rotatable bonds is 2. The Hall–Kier alpha value is -1.02. The number of benzene rings is 1. The van der Waals surface area contributed by atoms with Crippen molar-refractivity contribution in [1.29, 1.82) is 0 Å². The molecule has 0 amide bonds. The average molecular weight is 285 g/mol. The second-order valence-corrected chi connectivity index (χ2v) is 7.18. The highest BCUT2D eigenvalue weighted by Crippen LogP contribution is 2.45. The van der Waals surface area contributed by atoms with Crippen molar-refractivity contribution >= 4 is 5.69 Å². The molecule has 3 atom stereocenters. The molecule has 1 aromatic carbocycles. The molecule has 0 aromatic heterocycles. The van der Waals surface area contributed by atoms with Crippen molar-refractivity contribution in [3.05, 3.63) is 29.8 Å². The maximum Gasteiger partial charge on any atom is 0.0892 e. The van der Waals surface area contributed by atoms with E-state index in [-0.39, 0.29) is 0 Å². The minimum absolute atomic E-state index is 0.338. The first-order valence-corrected chi connectivity index (χ1v) is 8.89. The van der Waals surface area contributed by atoms with Crippen molar-refractivity contribution in [3.8, 4) is 0 Å². The van der Waals surface area contributed by atoms with Gasteiger partial charge in [0.05, 0.1) is 6.10 Å². The minimum Gasteiger partial charge on any atom is -0.382 e. The molecule has 0 unspecified atom stereocenters. The lowest BCUT2D eigenvalue weighted by atomic mass is 9.75. The fourth-order valence-corrected chi connectivity index (χ4v) is 4.74. The largest absolute Gasteiger partial charge is 0.382 e. The number of para-hydroxylation sites is 1. The van der Waals surface area contributed by atoms with Crippen LogP contribution < -0.4 is 5.32 Å². The summed E-state index contributed by atoms with van der Waals surface area (Å²) in [6.07, 6.45) is 11.5. The quantitative estimate of drug-likeness (QED) is 0.833. The van der Waals surface area contributed by atoms with E-state index < -0.39 is 0 Å². The Bertz CT molecular complexity index is 480. The van der Waals surface area contributed by atoms with E-state index in [2.05, 4.69) is 29.6 Å². The van der Waals surface area contributed by atoms with Gasteiger partial charge < -0.3 is 10.1 Å². The van der Waals surface area contributed by atoms with Gasteiger partial charge in [-0.25, -0.2) is 0 Å². The molecule has 0 radical (unpaired) electrons. The van der Waals surface area contributed by atoms with Crippen LogP contribution in [0.1, 0.15) is 63.0 Å². The van der Waals surface area contributed by atoms with Crippen LogP contribution in [-0.4, -0.2) is 12.6 Å². The molecule has 4 rings (SSSR count). The Morgan fingerprint density at radius 1 is 1.00 bits per heavy atom. The predicted molar refractivity (Wildman–Crippen MR) is 86.5 cm³/mol. The summed E-state index contributed by atoms with van der Waals surface area (Å²) < 4.78 is 6.19. The van der Waals surface area contributed by atoms with E-state index in [0.29, 0.717) is 18.1 Å². The molecule has 1 aliphatic carbocycles. The smallest absolute Gasteiger partial charge is 0.0892 e. The summed E-state index contributed by atoms with van der Waals surface area (Å²) in [5.41, 5.74) is 2.71. The van der Waals surface area contributed by atoms with Gasteiger partial charge in [-0.2, -0.15) is 0 Å². The molecule has 1 saturated carbocycles. The summed E-state index contributed by atoms with van der Waals surface area (Å²) in [7, 11) is 0. The molecule has 2 fully saturated rings. The summed E-state index contributed by atoms with van der Waals surface area (Å²) in [5, 5.41) is 3.86. The number of hydrogen-bond acceptors (Lipinski definition) is 2. The van der Waals surface area contributed by atoms with Crippen LogP contribution in [0.15, 0.2) is 24.3 Å². The van der Waals surface area contributed by atoms with Crippen LogP contribution in [0.5, 0.6) is 0 Å². The van der Waals surface area contributed by atoms with E-state index in [9.17, 15) is 0 Å². The van der Waals surface area contributed by atoms with Crippen molar-refractivity contribution in [2.24, 2.45) is 11.8 Å². The van der Waals surface area contributed by atoms with Crippen molar-refractivity contribution in [2.45, 2.75) is 63.5 Å². The van der Waals surface area contributed by atoms with Gasteiger partial charge >= 0.3 is 0 Å². The van der Waals surface area contributed by atoms with Gasteiger partial charge in [0.2, 0.25) is 0 Å². The number of fused-ring (bicyclic) bond motifs is 3. The highest BCUT2D eigenvalue weighted by Gasteiger charge is 2.39. The second kappa shape index (κ2) is 6.00. The predicted octanol–water partition coefficient (Wildman–Crippen LogP) is 4.92. The van der Waals surface area contributed by atoms with Crippen LogP contribution in [0.4, 0.5) is 5.69 Å². The topological polar surface area (TPSA) is 21.3 Å². The molecule has 2 heteroatoms. The van der Waals surface area contributed by atoms with E-state index in [0.717, 1.165) is 12.5 Å². The average Bonchev–Trinajstić information content (AvgIpc) is 2.56. The molecule has 2 nitrogen and oxygen atoms in total. The maximum absolute atomic E-state index is 6.19. The molecular weight excluding hydrogens is 258 g/mol. The van der Waals surface area contributed by atoms with Crippen molar-refractivity contribution in [1.82, 2.24) is 0 Å². The molecule has 1 N–H and O–H groups in total. The van der Waals surface area contributed by atoms with Crippen molar-refractivity contribution in [2.75, 3.05) is 11.9 Å². The summed E-state index contributed by atoms with van der Waals surface area (Å²) in [5.74, 6) is 1.61. The molecule has 114 valence electrons. The van der Waals surface area contributed by atoms with Crippen LogP contribution in [0.25, 0.3) is 0 Å². The minimum atomic E-state index is 0.338. The number of nitrogens with one attached hydrogen (secondary N) is 1. The van der Waals surface area contributed by atoms with Gasteiger partial charge in [-0.05, 0) is 31.2 Å². The summed E-state index contributed by atoms with van der Waals surface area (Å²) in [4.78, 5) is 0. The van der Waals surface area contributed by atoms with Crippen LogP contribution in [-0.2, 0) is 4.74 Å². The lowest BCUT2D eigenvalue weighted by Gasteiger charge is -2.44. The summed E-state index contributed by atoms with van der Waals surface area (Å²) in [6.45, 7) is 0.936. The van der Waals surface area contributed by atoms with Gasteiger partial charge in [0.15, 0.2) is 0 Å². The molecule has 2 aliphatic heterocycles. The Kier molecular flexibility index (Phi) is 3.89. The molecular formula is C19H27NO. The number of anilines is 1. The molecule has 0 spiro atoms. The zero-order valence-electron chi connectivity index (χ0n) is 12.9. The van der Waals surface area contributed by atoms with Gasteiger partial charge in [0.25, 0.3) is 0 Å². The Morgan fingerprint density at radius 3 is 2.76 bits per heavy atom. The van der Waals surface area contributed by atoms with Crippen LogP contribution in [0, 0.1) is 11.8 Å². The Balaban J connectivity index is 1.56. The molecule has 1 saturated heterocycles. The third-order valence-corrected chi connectivity index (χ3v) is 5.81. The second-order valence-electron chi connectivity index (χ2n) is 7.18. The Morgan fingerprint density at radius 2 is 1.86 bits per heavy atom. The van der Waals surface area contributed by atoms with E-state index in [1.165, 1.54) is 62.6 Å². The van der Waals surface area contributed by atoms with Crippen LogP contribution >= 0.6 is 0 Å². The first-order valence-electron chi connectivity index (χ1n) is 8.89.